The fraction of sp³-hybridized carbons (Fsp3) is 0.750. The molecule has 3 aliphatic rings. The number of rotatable bonds is 1. The smallest absolute Gasteiger partial charge is 0.307 e. The molecule has 0 N–H and O–H groups in total. The largest absolute Gasteiger partial charge is 0.431 e. The lowest BCUT2D eigenvalue weighted by molar-refractivity contribution is -0.139. The average molecular weight is 194 g/mol. The molecule has 2 nitrogen and oxygen atoms in total. The van der Waals surface area contributed by atoms with Crippen LogP contribution in [0.5, 0.6) is 0 Å². The molecule has 0 aromatic rings. The van der Waals surface area contributed by atoms with E-state index < -0.39 is 0 Å². The van der Waals surface area contributed by atoms with E-state index >= 15 is 0 Å². The molecule has 2 bridgehead atoms. The van der Waals surface area contributed by atoms with Crippen LogP contribution >= 0.6 is 0 Å². The number of carbonyl (C=O) groups excluding carboxylic acids is 1. The highest BCUT2D eigenvalue weighted by Crippen LogP contribution is 2.60. The van der Waals surface area contributed by atoms with Gasteiger partial charge in [0.1, 0.15) is 5.76 Å². The molecule has 2 heteroatoms. The summed E-state index contributed by atoms with van der Waals surface area (Å²) in [5, 5.41) is 0. The molecule has 0 heterocycles. The van der Waals surface area contributed by atoms with Crippen LogP contribution in [-0.2, 0) is 9.53 Å². The highest BCUT2D eigenvalue weighted by atomic mass is 16.5. The zero-order valence-corrected chi connectivity index (χ0v) is 9.39. The summed E-state index contributed by atoms with van der Waals surface area (Å²) >= 11 is 0. The van der Waals surface area contributed by atoms with E-state index in [4.69, 9.17) is 4.74 Å². The summed E-state index contributed by atoms with van der Waals surface area (Å²) in [6.07, 6.45) is 2.23. The van der Waals surface area contributed by atoms with Gasteiger partial charge in [-0.2, -0.15) is 0 Å². The lowest BCUT2D eigenvalue weighted by Crippen LogP contribution is -2.49. The molecule has 3 aliphatic carbocycles. The number of hydrogen-bond donors (Lipinski definition) is 0. The Kier molecular flexibility index (Phi) is 1.98. The molecule has 0 spiro atoms. The van der Waals surface area contributed by atoms with Gasteiger partial charge in [0.15, 0.2) is 0 Å². The van der Waals surface area contributed by atoms with Crippen molar-refractivity contribution in [2.24, 2.45) is 17.3 Å². The maximum Gasteiger partial charge on any atom is 0.307 e. The van der Waals surface area contributed by atoms with Crippen molar-refractivity contribution in [3.63, 3.8) is 0 Å². The first-order valence-electron chi connectivity index (χ1n) is 5.31. The molecule has 2 atom stereocenters. The first-order valence-corrected chi connectivity index (χ1v) is 5.31. The number of fused-ring (bicyclic) bond motifs is 1. The fourth-order valence-corrected chi connectivity index (χ4v) is 2.97. The van der Waals surface area contributed by atoms with Crippen LogP contribution in [0.2, 0.25) is 0 Å². The van der Waals surface area contributed by atoms with Gasteiger partial charge in [0.25, 0.3) is 0 Å². The van der Waals surface area contributed by atoms with E-state index in [-0.39, 0.29) is 5.97 Å². The van der Waals surface area contributed by atoms with E-state index in [1.54, 1.807) is 0 Å². The van der Waals surface area contributed by atoms with Gasteiger partial charge in [-0.1, -0.05) is 13.8 Å². The lowest BCUT2D eigenvalue weighted by atomic mass is 9.48. The van der Waals surface area contributed by atoms with E-state index in [1.807, 2.05) is 0 Å². The van der Waals surface area contributed by atoms with E-state index in [1.165, 1.54) is 18.9 Å². The maximum absolute atomic E-state index is 10.9. The Labute approximate surface area is 85.3 Å². The minimum absolute atomic E-state index is 0.182. The molecule has 0 saturated heterocycles. The Balaban J connectivity index is 2.22. The van der Waals surface area contributed by atoms with Gasteiger partial charge in [-0.15, -0.1) is 0 Å². The molecule has 0 aromatic heterocycles. The van der Waals surface area contributed by atoms with Gasteiger partial charge in [0.05, 0.1) is 0 Å². The summed E-state index contributed by atoms with van der Waals surface area (Å²) in [6.45, 7) is 8.23. The quantitative estimate of drug-likeness (QED) is 0.600. The monoisotopic (exact) mass is 194 g/mol. The molecule has 0 unspecified atom stereocenters. The lowest BCUT2D eigenvalue weighted by Gasteiger charge is -2.56. The van der Waals surface area contributed by atoms with E-state index in [0.717, 1.165) is 12.2 Å². The van der Waals surface area contributed by atoms with Gasteiger partial charge in [-0.05, 0) is 36.2 Å². The summed E-state index contributed by atoms with van der Waals surface area (Å²) in [6, 6.07) is 0. The molecule has 3 rings (SSSR count). The SMILES string of the molecule is CC(=O)OC1=C(C)[C@H]2C[C@@H](C1)C2(C)C. The van der Waals surface area contributed by atoms with Gasteiger partial charge in [0.2, 0.25) is 0 Å². The third-order valence-corrected chi connectivity index (χ3v) is 4.13. The Morgan fingerprint density at radius 1 is 1.50 bits per heavy atom. The van der Waals surface area contributed by atoms with Crippen molar-refractivity contribution in [3.8, 4) is 0 Å². The van der Waals surface area contributed by atoms with Crippen LogP contribution < -0.4 is 0 Å². The molecule has 0 aromatic carbocycles. The molecule has 0 aliphatic heterocycles. The van der Waals surface area contributed by atoms with Crippen LogP contribution in [0.25, 0.3) is 0 Å². The second-order valence-corrected chi connectivity index (χ2v) is 5.21. The highest BCUT2D eigenvalue weighted by Gasteiger charge is 2.52. The molecular formula is C12H18O2. The first kappa shape index (κ1) is 9.75. The predicted molar refractivity (Wildman–Crippen MR) is 54.5 cm³/mol. The Morgan fingerprint density at radius 3 is 2.57 bits per heavy atom. The number of ether oxygens (including phenoxy) is 1. The topological polar surface area (TPSA) is 26.3 Å². The fourth-order valence-electron chi connectivity index (χ4n) is 2.97. The standard InChI is InChI=1S/C12H18O2/c1-7-10-5-9(12(10,3)4)6-11(7)14-8(2)13/h9-10H,5-6H2,1-4H3/t9-,10+/m0/s1. The number of allylic oxidation sites excluding steroid dienone is 2. The van der Waals surface area contributed by atoms with Crippen molar-refractivity contribution in [3.05, 3.63) is 11.3 Å². The van der Waals surface area contributed by atoms with Gasteiger partial charge in [-0.3, -0.25) is 4.79 Å². The third kappa shape index (κ3) is 1.20. The second kappa shape index (κ2) is 2.85. The normalized spacial score (nSPS) is 33.7. The molecule has 14 heavy (non-hydrogen) atoms. The Bertz CT molecular complexity index is 312. The number of carbonyl (C=O) groups is 1. The summed E-state index contributed by atoms with van der Waals surface area (Å²) in [4.78, 5) is 10.9. The summed E-state index contributed by atoms with van der Waals surface area (Å²) in [7, 11) is 0. The van der Waals surface area contributed by atoms with Crippen LogP contribution in [0, 0.1) is 17.3 Å². The van der Waals surface area contributed by atoms with E-state index in [0.29, 0.717) is 17.3 Å². The average Bonchev–Trinajstić information content (AvgIpc) is 2.06. The highest BCUT2D eigenvalue weighted by molar-refractivity contribution is 5.67. The van der Waals surface area contributed by atoms with Gasteiger partial charge in [0, 0.05) is 13.3 Å². The molecule has 0 amide bonds. The van der Waals surface area contributed by atoms with Crippen molar-refractivity contribution in [2.75, 3.05) is 0 Å². The molecule has 78 valence electrons. The molecule has 1 saturated carbocycles. The van der Waals surface area contributed by atoms with Crippen LogP contribution in [0.3, 0.4) is 0 Å². The maximum atomic E-state index is 10.9. The van der Waals surface area contributed by atoms with Crippen LogP contribution in [0.1, 0.15) is 40.5 Å². The summed E-state index contributed by atoms with van der Waals surface area (Å²) in [5.41, 5.74) is 1.72. The summed E-state index contributed by atoms with van der Waals surface area (Å²) < 4.78 is 5.24. The molecule has 1 fully saturated rings. The first-order chi connectivity index (χ1) is 6.43. The van der Waals surface area contributed by atoms with Crippen molar-refractivity contribution >= 4 is 5.97 Å². The Morgan fingerprint density at radius 2 is 2.14 bits per heavy atom. The van der Waals surface area contributed by atoms with Gasteiger partial charge < -0.3 is 4.74 Å². The van der Waals surface area contributed by atoms with Crippen LogP contribution in [-0.4, -0.2) is 5.97 Å². The second-order valence-electron chi connectivity index (χ2n) is 5.21. The van der Waals surface area contributed by atoms with E-state index in [9.17, 15) is 4.79 Å². The van der Waals surface area contributed by atoms with Crippen molar-refractivity contribution in [1.29, 1.82) is 0 Å². The van der Waals surface area contributed by atoms with E-state index in [2.05, 4.69) is 20.8 Å². The number of hydrogen-bond acceptors (Lipinski definition) is 2. The summed E-state index contributed by atoms with van der Waals surface area (Å²) in [5.74, 6) is 2.11. The molecule has 0 radical (unpaired) electrons. The van der Waals surface area contributed by atoms with Crippen LogP contribution in [0.4, 0.5) is 0 Å². The van der Waals surface area contributed by atoms with Crippen molar-refractivity contribution in [2.45, 2.75) is 40.5 Å². The van der Waals surface area contributed by atoms with Crippen LogP contribution in [0.15, 0.2) is 11.3 Å². The van der Waals surface area contributed by atoms with Crippen molar-refractivity contribution in [1.82, 2.24) is 0 Å². The third-order valence-electron chi connectivity index (χ3n) is 4.13. The minimum atomic E-state index is -0.182. The zero-order chi connectivity index (χ0) is 10.5. The molecular weight excluding hydrogens is 176 g/mol. The Hall–Kier alpha value is -0.790. The minimum Gasteiger partial charge on any atom is -0.431 e. The van der Waals surface area contributed by atoms with Gasteiger partial charge >= 0.3 is 5.97 Å². The van der Waals surface area contributed by atoms with Crippen molar-refractivity contribution < 1.29 is 9.53 Å². The number of esters is 1. The predicted octanol–water partition coefficient (Wildman–Crippen LogP) is 2.89. The zero-order valence-electron chi connectivity index (χ0n) is 9.39. The van der Waals surface area contributed by atoms with Gasteiger partial charge in [-0.25, -0.2) is 0 Å².